The first-order valence-corrected chi connectivity index (χ1v) is 38.6. The molecule has 0 aromatic carbocycles. The molecule has 0 aliphatic heterocycles. The third-order valence-corrected chi connectivity index (χ3v) is 24.1. The minimum absolute atomic E-state index is 0.0503. The van der Waals surface area contributed by atoms with Crippen LogP contribution >= 0.6 is 0 Å². The second-order valence-corrected chi connectivity index (χ2v) is 31.8. The van der Waals surface area contributed by atoms with E-state index in [1.165, 1.54) is 193 Å². The maximum Gasteiger partial charge on any atom is 0.0636 e. The number of rotatable bonds is 22. The van der Waals surface area contributed by atoms with Crippen molar-refractivity contribution >= 4 is 0 Å². The zero-order chi connectivity index (χ0) is 63.7. The van der Waals surface area contributed by atoms with Gasteiger partial charge >= 0.3 is 0 Å². The van der Waals surface area contributed by atoms with Gasteiger partial charge in [-0.05, 0) is 292 Å². The molecule has 11 saturated carbocycles. The normalized spacial score (nSPS) is 34.1. The molecule has 8 heteroatoms. The average molecular weight is 1230 g/mol. The van der Waals surface area contributed by atoms with Gasteiger partial charge in [0.1, 0.15) is 0 Å². The maximum atomic E-state index is 5.88. The Bertz CT molecular complexity index is 1650. The molecule has 0 aromatic rings. The van der Waals surface area contributed by atoms with E-state index in [1.807, 2.05) is 6.92 Å². The standard InChI is InChI=1S/C12H22O.C12H24O.C11H20O.C10H18O.C10H20O.C9H16O.C9H18O.C6H14O/c1-5-13-10-8-9-6-7-12(10,4)11(9,2)3;1-5-13-12-8-10(4)6-7-11(12)9(2)3;1-2-12-6-5-11-8-9-3-4-10(11)7-9;1-2-11-7-10-6-8-3-4-9(10)5-8;1-2-11-9-8-10-6-4-3-5-7-10;1-2-10-9-6-7-3-4-8(9)5-7;1-2-10-8-9-6-4-3-5-7-9;1-5-7-6(2,3)4/h9-10H,5-8H2,1-4H3;9-12H,5-8H2,1-4H3;9-11H,2-8H2,1H3;8-10H,2-7H2,1H3;10H,2-9H2,1H3;7-9H,2-6H2,1H3;9H,2-8H2,1H3;5H2,1-4H3. The molecule has 0 spiro atoms. The Labute approximate surface area is 542 Å². The van der Waals surface area contributed by atoms with Crippen molar-refractivity contribution in [1.82, 2.24) is 0 Å². The highest BCUT2D eigenvalue weighted by Gasteiger charge is 2.61. The third kappa shape index (κ3) is 28.3. The predicted molar refractivity (Wildman–Crippen MR) is 370 cm³/mol. The van der Waals surface area contributed by atoms with E-state index in [0.29, 0.717) is 29.1 Å². The fourth-order valence-electron chi connectivity index (χ4n) is 18.6. The van der Waals surface area contributed by atoms with Gasteiger partial charge in [0.15, 0.2) is 0 Å². The first kappa shape index (κ1) is 79.1. The zero-order valence-corrected chi connectivity index (χ0v) is 61.3. The first-order chi connectivity index (χ1) is 41.8. The molecule has 11 aliphatic carbocycles. The summed E-state index contributed by atoms with van der Waals surface area (Å²) in [7, 11) is 0. The summed E-state index contributed by atoms with van der Waals surface area (Å²) < 4.78 is 44.2. The van der Waals surface area contributed by atoms with Crippen molar-refractivity contribution in [2.45, 2.75) is 334 Å². The van der Waals surface area contributed by atoms with Gasteiger partial charge in [0.05, 0.1) is 23.9 Å². The SMILES string of the molecule is CCOC(C)(C)C.CCOC1CC(C)CCC1C(C)C.CCOC1CC2CCC1(C)C2(C)C.CCOC1CC2CCC1C2.CCOCC1CC2CCC1C2.CCOCC1CCCCC1.CCOCCC1CC2CCC1C2.CCOCCC1CCCCC1. The van der Waals surface area contributed by atoms with Gasteiger partial charge in [0.2, 0.25) is 0 Å². The molecular weight excluding hydrogens is 1080 g/mol. The van der Waals surface area contributed by atoms with Crippen LogP contribution in [0.1, 0.15) is 310 Å². The van der Waals surface area contributed by atoms with Gasteiger partial charge in [-0.15, -0.1) is 0 Å². The van der Waals surface area contributed by atoms with Gasteiger partial charge in [0.25, 0.3) is 0 Å². The average Bonchev–Trinajstić information content (AvgIpc) is 1.58. The molecule has 0 heterocycles. The van der Waals surface area contributed by atoms with Crippen LogP contribution in [0.2, 0.25) is 0 Å². The molecule has 11 aliphatic rings. The first-order valence-electron chi connectivity index (χ1n) is 38.6. The Hall–Kier alpha value is -0.320. The van der Waals surface area contributed by atoms with Crippen LogP contribution in [-0.2, 0) is 37.9 Å². The van der Waals surface area contributed by atoms with Crippen LogP contribution in [0.4, 0.5) is 0 Å². The summed E-state index contributed by atoms with van der Waals surface area (Å²) in [4.78, 5) is 0. The van der Waals surface area contributed by atoms with E-state index in [1.54, 1.807) is 0 Å². The van der Waals surface area contributed by atoms with E-state index in [-0.39, 0.29) is 5.60 Å². The van der Waals surface area contributed by atoms with E-state index in [0.717, 1.165) is 162 Å². The summed E-state index contributed by atoms with van der Waals surface area (Å²) in [5.41, 5.74) is 1.01. The lowest BCUT2D eigenvalue weighted by molar-refractivity contribution is -0.0413. The number of ether oxygens (including phenoxy) is 8. The molecule has 15 atom stereocenters. The molecule has 0 saturated heterocycles. The van der Waals surface area contributed by atoms with Crippen LogP contribution in [0.3, 0.4) is 0 Å². The van der Waals surface area contributed by atoms with Crippen molar-refractivity contribution in [3.63, 3.8) is 0 Å². The van der Waals surface area contributed by atoms with Crippen LogP contribution in [0.5, 0.6) is 0 Å². The van der Waals surface area contributed by atoms with Crippen molar-refractivity contribution in [3.8, 4) is 0 Å². The van der Waals surface area contributed by atoms with Crippen LogP contribution in [0.25, 0.3) is 0 Å². The number of hydrogen-bond acceptors (Lipinski definition) is 8. The van der Waals surface area contributed by atoms with E-state index in [9.17, 15) is 0 Å². The van der Waals surface area contributed by atoms with Gasteiger partial charge < -0.3 is 37.9 Å². The van der Waals surface area contributed by atoms with Gasteiger partial charge in [-0.1, -0.05) is 112 Å². The van der Waals surface area contributed by atoms with Gasteiger partial charge in [-0.3, -0.25) is 0 Å². The molecule has 11 rings (SSSR count). The van der Waals surface area contributed by atoms with E-state index < -0.39 is 0 Å². The second kappa shape index (κ2) is 43.6. The second-order valence-electron chi connectivity index (χ2n) is 31.8. The van der Waals surface area contributed by atoms with Crippen LogP contribution in [-0.4, -0.2) is 103 Å². The molecule has 8 nitrogen and oxygen atoms in total. The van der Waals surface area contributed by atoms with E-state index in [2.05, 4.69) is 111 Å². The molecule has 15 unspecified atom stereocenters. The smallest absolute Gasteiger partial charge is 0.0636 e. The topological polar surface area (TPSA) is 73.8 Å². The van der Waals surface area contributed by atoms with Crippen LogP contribution in [0, 0.1) is 93.7 Å². The van der Waals surface area contributed by atoms with Gasteiger partial charge in [0, 0.05) is 79.3 Å². The molecule has 0 amide bonds. The third-order valence-electron chi connectivity index (χ3n) is 24.1. The highest BCUT2D eigenvalue weighted by Crippen LogP contribution is 2.66. The monoisotopic (exact) mass is 1230 g/mol. The lowest BCUT2D eigenvalue weighted by Gasteiger charge is -2.38. The predicted octanol–water partition coefficient (Wildman–Crippen LogP) is 21.7. The summed E-state index contributed by atoms with van der Waals surface area (Å²) in [5.74, 6) is 13.4. The van der Waals surface area contributed by atoms with Crippen molar-refractivity contribution in [3.05, 3.63) is 0 Å². The molecule has 516 valence electrons. The molecular formula is C79H152O8. The number of hydrogen-bond donors (Lipinski definition) is 0. The summed E-state index contributed by atoms with van der Waals surface area (Å²) in [5, 5.41) is 0. The minimum Gasteiger partial charge on any atom is -0.382 e. The van der Waals surface area contributed by atoms with Crippen LogP contribution in [0.15, 0.2) is 0 Å². The minimum atomic E-state index is 0.0503. The van der Waals surface area contributed by atoms with Crippen molar-refractivity contribution < 1.29 is 37.9 Å². The Kier molecular flexibility index (Phi) is 39.7. The van der Waals surface area contributed by atoms with E-state index >= 15 is 0 Å². The van der Waals surface area contributed by atoms with Crippen molar-refractivity contribution in [2.24, 2.45) is 93.7 Å². The number of fused-ring (bicyclic) bond motifs is 8. The Morgan fingerprint density at radius 3 is 1.36 bits per heavy atom. The van der Waals surface area contributed by atoms with Gasteiger partial charge in [-0.25, -0.2) is 0 Å². The van der Waals surface area contributed by atoms with Crippen molar-refractivity contribution in [1.29, 1.82) is 0 Å². The Morgan fingerprint density at radius 2 is 0.931 bits per heavy atom. The molecule has 8 bridgehead atoms. The van der Waals surface area contributed by atoms with E-state index in [4.69, 9.17) is 37.9 Å². The summed E-state index contributed by atoms with van der Waals surface area (Å²) in [6.07, 6.45) is 44.7. The summed E-state index contributed by atoms with van der Waals surface area (Å²) in [6, 6.07) is 0. The highest BCUT2D eigenvalue weighted by molar-refractivity contribution is 5.11. The molecule has 11 fully saturated rings. The fourth-order valence-corrected chi connectivity index (χ4v) is 18.6. The maximum absolute atomic E-state index is 5.88. The fraction of sp³-hybridized carbons (Fsp3) is 1.00. The quantitative estimate of drug-likeness (QED) is 0.0993. The lowest BCUT2D eigenvalue weighted by Crippen LogP contribution is -2.37. The zero-order valence-electron chi connectivity index (χ0n) is 61.3. The molecule has 87 heavy (non-hydrogen) atoms. The largest absolute Gasteiger partial charge is 0.382 e. The van der Waals surface area contributed by atoms with Crippen molar-refractivity contribution in [2.75, 3.05) is 79.3 Å². The van der Waals surface area contributed by atoms with Crippen LogP contribution < -0.4 is 0 Å². The Morgan fingerprint density at radius 1 is 0.425 bits per heavy atom. The molecule has 0 N–H and O–H groups in total. The molecule has 0 radical (unpaired) electrons. The lowest BCUT2D eigenvalue weighted by atomic mass is 9.70. The summed E-state index contributed by atoms with van der Waals surface area (Å²) >= 11 is 0. The molecule has 0 aromatic heterocycles. The van der Waals surface area contributed by atoms with Gasteiger partial charge in [-0.2, -0.15) is 0 Å². The highest BCUT2D eigenvalue weighted by atomic mass is 16.5. The Balaban J connectivity index is 0.000000214. The summed E-state index contributed by atoms with van der Waals surface area (Å²) in [6.45, 7) is 48.2.